The van der Waals surface area contributed by atoms with Gasteiger partial charge in [-0.1, -0.05) is 0 Å². The van der Waals surface area contributed by atoms with Crippen molar-refractivity contribution in [3.8, 4) is 11.5 Å². The van der Waals surface area contributed by atoms with Crippen LogP contribution in [0.1, 0.15) is 18.3 Å². The van der Waals surface area contributed by atoms with Crippen molar-refractivity contribution < 1.29 is 9.47 Å². The highest BCUT2D eigenvalue weighted by atomic mass is 79.9. The van der Waals surface area contributed by atoms with Gasteiger partial charge in [0.25, 0.3) is 0 Å². The fourth-order valence-corrected chi connectivity index (χ4v) is 2.35. The first-order chi connectivity index (χ1) is 9.56. The summed E-state index contributed by atoms with van der Waals surface area (Å²) in [6.07, 6.45) is 0. The van der Waals surface area contributed by atoms with E-state index in [0.717, 1.165) is 22.4 Å². The lowest BCUT2D eigenvalue weighted by Gasteiger charge is -2.12. The summed E-state index contributed by atoms with van der Waals surface area (Å²) in [5.41, 5.74) is 8.33. The maximum absolute atomic E-state index is 5.83. The second-order valence-electron chi connectivity index (χ2n) is 4.36. The van der Waals surface area contributed by atoms with Crippen LogP contribution in [0.3, 0.4) is 0 Å². The van der Waals surface area contributed by atoms with Crippen LogP contribution in [0.4, 0.5) is 5.69 Å². The summed E-state index contributed by atoms with van der Waals surface area (Å²) in [7, 11) is 1.60. The number of nitrogens with two attached hydrogens (primary N) is 1. The molecule has 2 N–H and O–H groups in total. The van der Waals surface area contributed by atoms with E-state index in [9.17, 15) is 0 Å². The predicted molar refractivity (Wildman–Crippen MR) is 82.1 cm³/mol. The van der Waals surface area contributed by atoms with Crippen LogP contribution in [0.15, 0.2) is 22.7 Å². The van der Waals surface area contributed by atoms with Gasteiger partial charge in [0, 0.05) is 18.3 Å². The quantitative estimate of drug-likeness (QED) is 0.850. The molecule has 2 aromatic rings. The van der Waals surface area contributed by atoms with Gasteiger partial charge in [-0.2, -0.15) is 5.10 Å². The second kappa shape index (κ2) is 6.17. The number of benzene rings is 1. The summed E-state index contributed by atoms with van der Waals surface area (Å²) >= 11 is 3.55. The third-order valence-corrected chi connectivity index (χ3v) is 4.04. The zero-order valence-corrected chi connectivity index (χ0v) is 13.4. The van der Waals surface area contributed by atoms with Gasteiger partial charge in [-0.05, 0) is 41.9 Å². The first-order valence-electron chi connectivity index (χ1n) is 6.34. The Balaban J connectivity index is 2.21. The van der Waals surface area contributed by atoms with Crippen molar-refractivity contribution in [3.63, 3.8) is 0 Å². The minimum atomic E-state index is 0.412. The largest absolute Gasteiger partial charge is 0.493 e. The average Bonchev–Trinajstić information content (AvgIpc) is 2.72. The maximum Gasteiger partial charge on any atom is 0.162 e. The lowest BCUT2D eigenvalue weighted by Crippen LogP contribution is -2.07. The number of rotatable bonds is 5. The van der Waals surface area contributed by atoms with Crippen molar-refractivity contribution in [2.45, 2.75) is 27.0 Å². The molecule has 1 aromatic carbocycles. The van der Waals surface area contributed by atoms with Crippen molar-refractivity contribution in [1.29, 1.82) is 0 Å². The van der Waals surface area contributed by atoms with E-state index >= 15 is 0 Å². The fourth-order valence-electron chi connectivity index (χ4n) is 1.96. The van der Waals surface area contributed by atoms with Gasteiger partial charge in [0.1, 0.15) is 6.61 Å². The Morgan fingerprint density at radius 1 is 1.35 bits per heavy atom. The van der Waals surface area contributed by atoms with Crippen molar-refractivity contribution in [2.75, 3.05) is 12.8 Å². The van der Waals surface area contributed by atoms with Crippen LogP contribution in [0.5, 0.6) is 11.5 Å². The number of methoxy groups -OCH3 is 1. The normalized spacial score (nSPS) is 10.6. The van der Waals surface area contributed by atoms with Crippen LogP contribution in [0.25, 0.3) is 0 Å². The summed E-state index contributed by atoms with van der Waals surface area (Å²) < 4.78 is 14.0. The molecule has 0 amide bonds. The van der Waals surface area contributed by atoms with E-state index in [1.165, 1.54) is 0 Å². The molecule has 20 heavy (non-hydrogen) atoms. The van der Waals surface area contributed by atoms with Crippen molar-refractivity contribution in [3.05, 3.63) is 34.1 Å². The molecule has 1 aromatic heterocycles. The summed E-state index contributed by atoms with van der Waals surface area (Å²) in [6.45, 7) is 5.22. The Bertz CT molecular complexity index is 611. The van der Waals surface area contributed by atoms with Gasteiger partial charge < -0.3 is 15.2 Å². The first kappa shape index (κ1) is 14.7. The van der Waals surface area contributed by atoms with E-state index in [-0.39, 0.29) is 0 Å². The van der Waals surface area contributed by atoms with Crippen LogP contribution in [0.2, 0.25) is 0 Å². The highest BCUT2D eigenvalue weighted by Crippen LogP contribution is 2.30. The molecule has 0 aliphatic heterocycles. The third kappa shape index (κ3) is 2.90. The number of nitrogens with zero attached hydrogens (tertiary/aromatic N) is 2. The summed E-state index contributed by atoms with van der Waals surface area (Å²) in [5.74, 6) is 1.29. The number of hydrogen-bond acceptors (Lipinski definition) is 4. The minimum Gasteiger partial charge on any atom is -0.493 e. The Morgan fingerprint density at radius 3 is 2.75 bits per heavy atom. The molecular weight excluding hydrogens is 322 g/mol. The smallest absolute Gasteiger partial charge is 0.162 e. The zero-order chi connectivity index (χ0) is 14.7. The highest BCUT2D eigenvalue weighted by molar-refractivity contribution is 9.10. The van der Waals surface area contributed by atoms with Crippen LogP contribution < -0.4 is 15.2 Å². The standard InChI is InChI=1S/C14H18BrN3O2/c1-4-18-11(14(15)9(2)17-18)8-20-12-6-5-10(16)7-13(12)19-3/h5-7H,4,8,16H2,1-3H3. The molecule has 0 aliphatic carbocycles. The molecule has 0 spiro atoms. The summed E-state index contributed by atoms with van der Waals surface area (Å²) in [6, 6.07) is 5.34. The van der Waals surface area contributed by atoms with E-state index < -0.39 is 0 Å². The van der Waals surface area contributed by atoms with Gasteiger partial charge in [-0.3, -0.25) is 4.68 Å². The predicted octanol–water partition coefficient (Wildman–Crippen LogP) is 3.14. The van der Waals surface area contributed by atoms with Gasteiger partial charge >= 0.3 is 0 Å². The van der Waals surface area contributed by atoms with E-state index in [0.29, 0.717) is 23.8 Å². The number of anilines is 1. The van der Waals surface area contributed by atoms with Gasteiger partial charge in [0.15, 0.2) is 11.5 Å². The molecule has 5 nitrogen and oxygen atoms in total. The van der Waals surface area contributed by atoms with Crippen LogP contribution in [0, 0.1) is 6.92 Å². The van der Waals surface area contributed by atoms with E-state index in [2.05, 4.69) is 21.0 Å². The molecule has 0 aliphatic rings. The van der Waals surface area contributed by atoms with Crippen LogP contribution >= 0.6 is 15.9 Å². The van der Waals surface area contributed by atoms with E-state index in [4.69, 9.17) is 15.2 Å². The number of nitrogen functional groups attached to an aromatic ring is 1. The molecule has 1 heterocycles. The minimum absolute atomic E-state index is 0.412. The molecule has 0 bridgehead atoms. The Morgan fingerprint density at radius 2 is 2.10 bits per heavy atom. The maximum atomic E-state index is 5.83. The number of aromatic nitrogens is 2. The Kier molecular flexibility index (Phi) is 4.54. The van der Waals surface area contributed by atoms with Crippen molar-refractivity contribution in [2.24, 2.45) is 0 Å². The third-order valence-electron chi connectivity index (χ3n) is 3.00. The number of halogens is 1. The second-order valence-corrected chi connectivity index (χ2v) is 5.15. The lowest BCUT2D eigenvalue weighted by atomic mass is 10.3. The fraction of sp³-hybridized carbons (Fsp3) is 0.357. The summed E-state index contributed by atoms with van der Waals surface area (Å²) in [4.78, 5) is 0. The van der Waals surface area contributed by atoms with Gasteiger partial charge in [-0.25, -0.2) is 0 Å². The molecule has 6 heteroatoms. The summed E-state index contributed by atoms with van der Waals surface area (Å²) in [5, 5.41) is 4.44. The van der Waals surface area contributed by atoms with Gasteiger partial charge in [0.05, 0.1) is 23.0 Å². The molecule has 0 saturated heterocycles. The van der Waals surface area contributed by atoms with Crippen molar-refractivity contribution >= 4 is 21.6 Å². The Hall–Kier alpha value is -1.69. The van der Waals surface area contributed by atoms with Gasteiger partial charge in [-0.15, -0.1) is 0 Å². The Labute approximate surface area is 126 Å². The van der Waals surface area contributed by atoms with Gasteiger partial charge in [0.2, 0.25) is 0 Å². The monoisotopic (exact) mass is 339 g/mol. The molecule has 0 unspecified atom stereocenters. The molecule has 0 fully saturated rings. The molecule has 0 saturated carbocycles. The first-order valence-corrected chi connectivity index (χ1v) is 7.14. The lowest BCUT2D eigenvalue weighted by molar-refractivity contribution is 0.273. The van der Waals surface area contributed by atoms with E-state index in [1.54, 1.807) is 19.2 Å². The van der Waals surface area contributed by atoms with Crippen LogP contribution in [-0.4, -0.2) is 16.9 Å². The molecular formula is C14H18BrN3O2. The topological polar surface area (TPSA) is 62.3 Å². The zero-order valence-electron chi connectivity index (χ0n) is 11.8. The number of ether oxygens (including phenoxy) is 2. The molecule has 0 radical (unpaired) electrons. The number of aryl methyl sites for hydroxylation is 2. The molecule has 0 atom stereocenters. The molecule has 108 valence electrons. The van der Waals surface area contributed by atoms with Crippen molar-refractivity contribution in [1.82, 2.24) is 9.78 Å². The van der Waals surface area contributed by atoms with Crippen LogP contribution in [-0.2, 0) is 13.2 Å². The molecule has 2 rings (SSSR count). The van der Waals surface area contributed by atoms with E-state index in [1.807, 2.05) is 24.6 Å². The highest BCUT2D eigenvalue weighted by Gasteiger charge is 2.13. The average molecular weight is 340 g/mol. The number of hydrogen-bond donors (Lipinski definition) is 1. The SMILES string of the molecule is CCn1nc(C)c(Br)c1COc1ccc(N)cc1OC.